The van der Waals surface area contributed by atoms with Gasteiger partial charge in [0.2, 0.25) is 0 Å². The second-order valence-corrected chi connectivity index (χ2v) is 4.65. The lowest BCUT2D eigenvalue weighted by molar-refractivity contribution is 0.299. The molecule has 20 heavy (non-hydrogen) atoms. The minimum Gasteiger partial charge on any atom is -0.496 e. The van der Waals surface area contributed by atoms with Crippen molar-refractivity contribution in [3.63, 3.8) is 0 Å². The highest BCUT2D eigenvalue weighted by molar-refractivity contribution is 5.77. The molecule has 0 fully saturated rings. The largest absolute Gasteiger partial charge is 0.496 e. The molecule has 0 spiro atoms. The fraction of sp³-hybridized carbons (Fsp3) is 0.250. The fourth-order valence-corrected chi connectivity index (χ4v) is 2.08. The summed E-state index contributed by atoms with van der Waals surface area (Å²) in [6.45, 7) is 2.10. The van der Waals surface area contributed by atoms with Gasteiger partial charge in [0, 0.05) is 17.9 Å². The second-order valence-electron chi connectivity index (χ2n) is 4.65. The van der Waals surface area contributed by atoms with Crippen molar-refractivity contribution in [2.45, 2.75) is 13.3 Å². The first-order chi connectivity index (χ1) is 9.65. The van der Waals surface area contributed by atoms with Crippen molar-refractivity contribution < 1.29 is 9.84 Å². The Morgan fingerprint density at radius 1 is 1.15 bits per heavy atom. The Balaban J connectivity index is 2.19. The molecule has 0 saturated heterocycles. The average Bonchev–Trinajstić information content (AvgIpc) is 2.46. The number of anilines is 3. The van der Waals surface area contributed by atoms with Gasteiger partial charge in [-0.2, -0.15) is 0 Å². The summed E-state index contributed by atoms with van der Waals surface area (Å²) in [5.74, 6) is 0.784. The number of rotatable bonds is 5. The van der Waals surface area contributed by atoms with Crippen LogP contribution in [0.25, 0.3) is 0 Å². The van der Waals surface area contributed by atoms with Crippen molar-refractivity contribution >= 4 is 17.1 Å². The molecule has 0 unspecified atom stereocenters. The fourth-order valence-electron chi connectivity index (χ4n) is 2.08. The van der Waals surface area contributed by atoms with Gasteiger partial charge in [0.15, 0.2) is 0 Å². The van der Waals surface area contributed by atoms with Crippen molar-refractivity contribution in [1.29, 1.82) is 0 Å². The molecule has 0 aliphatic carbocycles. The molecule has 4 heteroatoms. The van der Waals surface area contributed by atoms with Crippen LogP contribution >= 0.6 is 0 Å². The quantitative estimate of drug-likeness (QED) is 0.732. The third-order valence-electron chi connectivity index (χ3n) is 3.32. The van der Waals surface area contributed by atoms with E-state index in [1.54, 1.807) is 7.11 Å². The highest BCUT2D eigenvalue weighted by atomic mass is 16.5. The molecule has 0 aliphatic rings. The third kappa shape index (κ3) is 3.03. The van der Waals surface area contributed by atoms with Crippen LogP contribution in [0.1, 0.15) is 11.1 Å². The smallest absolute Gasteiger partial charge is 0.123 e. The summed E-state index contributed by atoms with van der Waals surface area (Å²) in [7, 11) is 1.63. The van der Waals surface area contributed by atoms with Gasteiger partial charge < -0.3 is 20.9 Å². The van der Waals surface area contributed by atoms with Crippen LogP contribution in [0.3, 0.4) is 0 Å². The molecule has 0 heterocycles. The first-order valence-electron chi connectivity index (χ1n) is 6.55. The normalized spacial score (nSPS) is 10.3. The molecule has 0 bridgehead atoms. The number of ether oxygens (including phenoxy) is 1. The first-order valence-corrected chi connectivity index (χ1v) is 6.55. The van der Waals surface area contributed by atoms with Crippen LogP contribution in [0.4, 0.5) is 17.1 Å². The molecular weight excluding hydrogens is 252 g/mol. The predicted molar refractivity (Wildman–Crippen MR) is 82.7 cm³/mol. The summed E-state index contributed by atoms with van der Waals surface area (Å²) in [5.41, 5.74) is 10.6. The van der Waals surface area contributed by atoms with Gasteiger partial charge in [-0.1, -0.05) is 12.1 Å². The van der Waals surface area contributed by atoms with E-state index < -0.39 is 0 Å². The standard InChI is InChI=1S/C16H20N2O2/c1-11-15(20-2)8-7-14(16(11)17)18-13-5-3-12(4-6-13)9-10-19/h3-8,18-19H,9-10,17H2,1-2H3. The van der Waals surface area contributed by atoms with Gasteiger partial charge in [-0.3, -0.25) is 0 Å². The third-order valence-corrected chi connectivity index (χ3v) is 3.32. The Bertz CT molecular complexity index is 580. The molecule has 2 rings (SSSR count). The van der Waals surface area contributed by atoms with E-state index in [1.807, 2.05) is 43.3 Å². The van der Waals surface area contributed by atoms with E-state index in [0.717, 1.165) is 28.3 Å². The minimum absolute atomic E-state index is 0.164. The number of nitrogens with two attached hydrogens (primary N) is 1. The maximum atomic E-state index is 8.90. The molecule has 2 aromatic carbocycles. The Labute approximate surface area is 119 Å². The zero-order chi connectivity index (χ0) is 14.5. The number of nitrogens with one attached hydrogen (secondary N) is 1. The molecule has 4 nitrogen and oxygen atoms in total. The van der Waals surface area contributed by atoms with Crippen molar-refractivity contribution in [1.82, 2.24) is 0 Å². The van der Waals surface area contributed by atoms with E-state index in [2.05, 4.69) is 5.32 Å². The van der Waals surface area contributed by atoms with Gasteiger partial charge in [0.05, 0.1) is 18.5 Å². The van der Waals surface area contributed by atoms with Gasteiger partial charge in [0.1, 0.15) is 5.75 Å². The Kier molecular flexibility index (Phi) is 4.48. The number of aliphatic hydroxyl groups is 1. The lowest BCUT2D eigenvalue weighted by atomic mass is 10.1. The molecule has 2 aromatic rings. The molecule has 0 atom stereocenters. The number of methoxy groups -OCH3 is 1. The van der Waals surface area contributed by atoms with E-state index in [-0.39, 0.29) is 6.61 Å². The zero-order valence-electron chi connectivity index (χ0n) is 11.8. The van der Waals surface area contributed by atoms with Crippen LogP contribution in [0.5, 0.6) is 5.75 Å². The van der Waals surface area contributed by atoms with Gasteiger partial charge in [0.25, 0.3) is 0 Å². The van der Waals surface area contributed by atoms with Gasteiger partial charge >= 0.3 is 0 Å². The van der Waals surface area contributed by atoms with E-state index >= 15 is 0 Å². The average molecular weight is 272 g/mol. The van der Waals surface area contributed by atoms with Crippen molar-refractivity contribution in [3.05, 3.63) is 47.5 Å². The van der Waals surface area contributed by atoms with Gasteiger partial charge in [-0.05, 0) is 43.2 Å². The number of aliphatic hydroxyl groups excluding tert-OH is 1. The predicted octanol–water partition coefficient (Wildman–Crippen LogP) is 2.86. The minimum atomic E-state index is 0.164. The molecule has 0 amide bonds. The van der Waals surface area contributed by atoms with E-state index in [0.29, 0.717) is 12.1 Å². The summed E-state index contributed by atoms with van der Waals surface area (Å²) < 4.78 is 5.24. The first kappa shape index (κ1) is 14.2. The molecule has 106 valence electrons. The topological polar surface area (TPSA) is 67.5 Å². The van der Waals surface area contributed by atoms with E-state index in [1.165, 1.54) is 0 Å². The highest BCUT2D eigenvalue weighted by Crippen LogP contribution is 2.32. The highest BCUT2D eigenvalue weighted by Gasteiger charge is 2.07. The summed E-state index contributed by atoms with van der Waals surface area (Å²) in [6, 6.07) is 11.7. The van der Waals surface area contributed by atoms with Crippen LogP contribution in [0, 0.1) is 6.92 Å². The summed E-state index contributed by atoms with van der Waals surface area (Å²) in [4.78, 5) is 0. The molecule has 0 aromatic heterocycles. The lowest BCUT2D eigenvalue weighted by Crippen LogP contribution is -2.00. The maximum absolute atomic E-state index is 8.90. The van der Waals surface area contributed by atoms with Crippen LogP contribution in [-0.2, 0) is 6.42 Å². The molecular formula is C16H20N2O2. The number of benzene rings is 2. The van der Waals surface area contributed by atoms with Crippen LogP contribution < -0.4 is 15.8 Å². The van der Waals surface area contributed by atoms with Gasteiger partial charge in [-0.25, -0.2) is 0 Å². The molecule has 0 radical (unpaired) electrons. The van der Waals surface area contributed by atoms with Crippen molar-refractivity contribution in [2.75, 3.05) is 24.8 Å². The number of nitrogen functional groups attached to an aromatic ring is 1. The molecule has 0 saturated carbocycles. The van der Waals surface area contributed by atoms with Gasteiger partial charge in [-0.15, -0.1) is 0 Å². The Morgan fingerprint density at radius 3 is 2.45 bits per heavy atom. The van der Waals surface area contributed by atoms with E-state index in [4.69, 9.17) is 15.6 Å². The lowest BCUT2D eigenvalue weighted by Gasteiger charge is -2.14. The van der Waals surface area contributed by atoms with Crippen molar-refractivity contribution in [2.24, 2.45) is 0 Å². The maximum Gasteiger partial charge on any atom is 0.123 e. The molecule has 0 aliphatic heterocycles. The summed E-state index contributed by atoms with van der Waals surface area (Å²) in [6.07, 6.45) is 0.671. The monoisotopic (exact) mass is 272 g/mol. The number of hydrogen-bond acceptors (Lipinski definition) is 4. The van der Waals surface area contributed by atoms with Crippen LogP contribution in [0.15, 0.2) is 36.4 Å². The Morgan fingerprint density at radius 2 is 1.85 bits per heavy atom. The molecule has 4 N–H and O–H groups in total. The summed E-state index contributed by atoms with van der Waals surface area (Å²) >= 11 is 0. The zero-order valence-corrected chi connectivity index (χ0v) is 11.8. The van der Waals surface area contributed by atoms with E-state index in [9.17, 15) is 0 Å². The number of hydrogen-bond donors (Lipinski definition) is 3. The summed E-state index contributed by atoms with van der Waals surface area (Å²) in [5, 5.41) is 12.2. The Hall–Kier alpha value is -2.20. The SMILES string of the molecule is COc1ccc(Nc2ccc(CCO)cc2)c(N)c1C. The van der Waals surface area contributed by atoms with Crippen LogP contribution in [-0.4, -0.2) is 18.8 Å². The van der Waals surface area contributed by atoms with Crippen LogP contribution in [0.2, 0.25) is 0 Å². The second kappa shape index (κ2) is 6.30. The van der Waals surface area contributed by atoms with Crippen molar-refractivity contribution in [3.8, 4) is 5.75 Å².